The first-order valence-corrected chi connectivity index (χ1v) is 9.01. The van der Waals surface area contributed by atoms with Crippen LogP contribution in [0.1, 0.15) is 43.5 Å². The minimum absolute atomic E-state index is 0.174. The summed E-state index contributed by atoms with van der Waals surface area (Å²) in [5, 5.41) is 2.23. The van der Waals surface area contributed by atoms with Crippen LogP contribution in [0.2, 0.25) is 0 Å². The molecule has 1 atom stereocenters. The average Bonchev–Trinajstić information content (AvgIpc) is 2.96. The van der Waals surface area contributed by atoms with Crippen molar-refractivity contribution in [2.45, 2.75) is 38.8 Å². The lowest BCUT2D eigenvalue weighted by atomic mass is 10.0. The predicted octanol–water partition coefficient (Wildman–Crippen LogP) is 3.74. The highest BCUT2D eigenvalue weighted by Crippen LogP contribution is 2.33. The van der Waals surface area contributed by atoms with Crippen LogP contribution in [0.3, 0.4) is 0 Å². The molecular formula is C18H24N2O2S. The Morgan fingerprint density at radius 2 is 2.22 bits per heavy atom. The summed E-state index contributed by atoms with van der Waals surface area (Å²) in [5.74, 6) is 1.45. The molecule has 23 heavy (non-hydrogen) atoms. The molecule has 1 aliphatic heterocycles. The van der Waals surface area contributed by atoms with Crippen LogP contribution in [-0.2, 0) is 11.3 Å². The van der Waals surface area contributed by atoms with Gasteiger partial charge in [0.15, 0.2) is 4.80 Å². The highest BCUT2D eigenvalue weighted by atomic mass is 32.1. The Labute approximate surface area is 141 Å². The van der Waals surface area contributed by atoms with E-state index < -0.39 is 0 Å². The predicted molar refractivity (Wildman–Crippen MR) is 93.1 cm³/mol. The van der Waals surface area contributed by atoms with Crippen LogP contribution in [0.25, 0.3) is 0 Å². The van der Waals surface area contributed by atoms with Gasteiger partial charge in [-0.15, -0.1) is 11.3 Å². The van der Waals surface area contributed by atoms with E-state index in [-0.39, 0.29) is 6.04 Å². The Morgan fingerprint density at radius 3 is 3.00 bits per heavy atom. The number of ether oxygens (including phenoxy) is 2. The third kappa shape index (κ3) is 3.51. The van der Waals surface area contributed by atoms with Crippen LogP contribution < -0.4 is 9.54 Å². The van der Waals surface area contributed by atoms with Crippen LogP contribution in [0.5, 0.6) is 5.75 Å². The molecule has 4 nitrogen and oxygen atoms in total. The summed E-state index contributed by atoms with van der Waals surface area (Å²) < 4.78 is 13.3. The van der Waals surface area contributed by atoms with Gasteiger partial charge >= 0.3 is 0 Å². The van der Waals surface area contributed by atoms with Crippen LogP contribution in [-0.4, -0.2) is 24.9 Å². The summed E-state index contributed by atoms with van der Waals surface area (Å²) in [6, 6.07) is 8.40. The van der Waals surface area contributed by atoms with Gasteiger partial charge in [0, 0.05) is 36.7 Å². The first-order valence-electron chi connectivity index (χ1n) is 8.13. The van der Waals surface area contributed by atoms with Crippen LogP contribution in [0.4, 0.5) is 0 Å². The van der Waals surface area contributed by atoms with Crippen molar-refractivity contribution in [3.8, 4) is 5.75 Å². The normalized spacial score (nSPS) is 18.1. The van der Waals surface area contributed by atoms with Crippen molar-refractivity contribution >= 4 is 11.3 Å². The fraction of sp³-hybridized carbons (Fsp3) is 0.500. The number of thiazole rings is 1. The molecule has 0 spiro atoms. The van der Waals surface area contributed by atoms with Gasteiger partial charge < -0.3 is 14.0 Å². The van der Waals surface area contributed by atoms with Crippen molar-refractivity contribution < 1.29 is 9.47 Å². The lowest BCUT2D eigenvalue weighted by Crippen LogP contribution is -2.23. The number of rotatable bonds is 5. The molecule has 0 saturated carbocycles. The zero-order valence-corrected chi connectivity index (χ0v) is 14.8. The number of para-hydroxylation sites is 1. The van der Waals surface area contributed by atoms with Crippen molar-refractivity contribution in [2.24, 2.45) is 4.99 Å². The van der Waals surface area contributed by atoms with E-state index in [9.17, 15) is 0 Å². The minimum Gasteiger partial charge on any atom is -0.493 e. The molecule has 2 heterocycles. The van der Waals surface area contributed by atoms with Gasteiger partial charge in [-0.05, 0) is 12.0 Å². The number of aromatic nitrogens is 1. The fourth-order valence-electron chi connectivity index (χ4n) is 2.90. The van der Waals surface area contributed by atoms with Gasteiger partial charge in [0.05, 0.1) is 19.3 Å². The Kier molecular flexibility index (Phi) is 5.18. The molecule has 5 heteroatoms. The first kappa shape index (κ1) is 16.3. The number of methoxy groups -OCH3 is 1. The van der Waals surface area contributed by atoms with Gasteiger partial charge in [0.25, 0.3) is 0 Å². The molecule has 1 unspecified atom stereocenters. The van der Waals surface area contributed by atoms with Crippen molar-refractivity contribution in [1.82, 2.24) is 4.57 Å². The van der Waals surface area contributed by atoms with E-state index in [1.54, 1.807) is 18.4 Å². The molecule has 0 aliphatic carbocycles. The van der Waals surface area contributed by atoms with Gasteiger partial charge in [-0.25, -0.2) is 0 Å². The number of hydrogen-bond acceptors (Lipinski definition) is 4. The van der Waals surface area contributed by atoms with Gasteiger partial charge in [0.2, 0.25) is 0 Å². The Hall–Kier alpha value is -1.59. The molecular weight excluding hydrogens is 308 g/mol. The zero-order chi connectivity index (χ0) is 16.2. The smallest absolute Gasteiger partial charge is 0.185 e. The number of hydrogen-bond donors (Lipinski definition) is 0. The van der Waals surface area contributed by atoms with E-state index in [4.69, 9.17) is 14.5 Å². The molecule has 0 bridgehead atoms. The van der Waals surface area contributed by atoms with Crippen LogP contribution in [0.15, 0.2) is 34.6 Å². The zero-order valence-electron chi connectivity index (χ0n) is 14.0. The van der Waals surface area contributed by atoms with Crippen LogP contribution >= 0.6 is 11.3 Å². The van der Waals surface area contributed by atoms with Gasteiger partial charge in [-0.1, -0.05) is 32.0 Å². The van der Waals surface area contributed by atoms with Crippen LogP contribution in [0, 0.1) is 0 Å². The summed E-state index contributed by atoms with van der Waals surface area (Å²) in [6.07, 6.45) is 0.927. The average molecular weight is 332 g/mol. The van der Waals surface area contributed by atoms with Gasteiger partial charge in [0.1, 0.15) is 5.75 Å². The monoisotopic (exact) mass is 332 g/mol. The summed E-state index contributed by atoms with van der Waals surface area (Å²) >= 11 is 1.72. The second kappa shape index (κ2) is 7.32. The first-order chi connectivity index (χ1) is 11.2. The minimum atomic E-state index is 0.174. The second-order valence-electron chi connectivity index (χ2n) is 6.06. The Balaban J connectivity index is 2.00. The number of fused-ring (bicyclic) bond motifs is 1. The third-order valence-corrected chi connectivity index (χ3v) is 5.03. The van der Waals surface area contributed by atoms with E-state index in [0.717, 1.165) is 30.1 Å². The van der Waals surface area contributed by atoms with Gasteiger partial charge in [-0.3, -0.25) is 4.99 Å². The number of nitrogens with zero attached hydrogens (tertiary/aromatic N) is 2. The lowest BCUT2D eigenvalue weighted by Gasteiger charge is -2.22. The second-order valence-corrected chi connectivity index (χ2v) is 6.90. The summed E-state index contributed by atoms with van der Waals surface area (Å²) in [5.41, 5.74) is 2.52. The molecule has 3 rings (SSSR count). The maximum atomic E-state index is 5.75. The molecule has 0 amide bonds. The van der Waals surface area contributed by atoms with Crippen molar-refractivity contribution in [3.05, 3.63) is 45.7 Å². The summed E-state index contributed by atoms with van der Waals surface area (Å²) in [6.45, 7) is 6.72. The fourth-order valence-corrected chi connectivity index (χ4v) is 4.03. The molecule has 1 aliphatic rings. The van der Waals surface area contributed by atoms with Gasteiger partial charge in [-0.2, -0.15) is 0 Å². The molecule has 0 N–H and O–H groups in total. The molecule has 0 saturated heterocycles. The number of benzene rings is 1. The highest BCUT2D eigenvalue weighted by molar-refractivity contribution is 7.07. The van der Waals surface area contributed by atoms with Crippen molar-refractivity contribution in [1.29, 1.82) is 0 Å². The van der Waals surface area contributed by atoms with E-state index in [1.807, 2.05) is 12.1 Å². The molecule has 0 radical (unpaired) electrons. The summed E-state index contributed by atoms with van der Waals surface area (Å²) in [4.78, 5) is 6.14. The Bertz CT molecular complexity index is 718. The van der Waals surface area contributed by atoms with E-state index in [2.05, 4.69) is 35.9 Å². The van der Waals surface area contributed by atoms with Crippen molar-refractivity contribution in [3.63, 3.8) is 0 Å². The van der Waals surface area contributed by atoms with E-state index in [0.29, 0.717) is 12.5 Å². The Morgan fingerprint density at radius 1 is 1.39 bits per heavy atom. The van der Waals surface area contributed by atoms with E-state index >= 15 is 0 Å². The largest absolute Gasteiger partial charge is 0.493 e. The summed E-state index contributed by atoms with van der Waals surface area (Å²) in [7, 11) is 1.74. The maximum Gasteiger partial charge on any atom is 0.185 e. The highest BCUT2D eigenvalue weighted by Gasteiger charge is 2.20. The molecule has 0 fully saturated rings. The molecule has 2 aromatic rings. The topological polar surface area (TPSA) is 35.8 Å². The lowest BCUT2D eigenvalue weighted by molar-refractivity contribution is 0.185. The SMILES string of the molecule is COCCn1c(C(C)C)csc1=NC1CCOc2ccccc21. The molecule has 1 aromatic carbocycles. The maximum absolute atomic E-state index is 5.75. The quantitative estimate of drug-likeness (QED) is 0.836. The molecule has 1 aromatic heterocycles. The van der Waals surface area contributed by atoms with Crippen molar-refractivity contribution in [2.75, 3.05) is 20.3 Å². The van der Waals surface area contributed by atoms with E-state index in [1.165, 1.54) is 11.3 Å². The third-order valence-electron chi connectivity index (χ3n) is 4.13. The standard InChI is InChI=1S/C18H24N2O2S/c1-13(2)16-12-23-18(20(16)9-11-21-3)19-15-8-10-22-17-7-5-4-6-14(15)17/h4-7,12-13,15H,8-11H2,1-3H3. The molecule has 124 valence electrons.